The van der Waals surface area contributed by atoms with Crippen molar-refractivity contribution in [3.63, 3.8) is 0 Å². The zero-order chi connectivity index (χ0) is 19.2. The summed E-state index contributed by atoms with van der Waals surface area (Å²) < 4.78 is 2.31. The van der Waals surface area contributed by atoms with E-state index >= 15 is 0 Å². The first-order chi connectivity index (χ1) is 12.9. The summed E-state index contributed by atoms with van der Waals surface area (Å²) in [7, 11) is 4.34. The molecule has 1 aliphatic heterocycles. The number of aryl methyl sites for hydroxylation is 2. The molecule has 1 N–H and O–H groups in total. The quantitative estimate of drug-likeness (QED) is 0.776. The largest absolute Gasteiger partial charge is 0.385 e. The van der Waals surface area contributed by atoms with E-state index in [2.05, 4.69) is 34.6 Å². The molecule has 3 aromatic heterocycles. The van der Waals surface area contributed by atoms with Crippen molar-refractivity contribution in [3.8, 4) is 0 Å². The predicted molar refractivity (Wildman–Crippen MR) is 108 cm³/mol. The lowest BCUT2D eigenvalue weighted by molar-refractivity contribution is 0.0565. The van der Waals surface area contributed by atoms with Gasteiger partial charge < -0.3 is 14.6 Å². The first kappa shape index (κ1) is 18.1. The zero-order valence-corrected chi connectivity index (χ0v) is 16.7. The average Bonchev–Trinajstić information content (AvgIpc) is 2.77. The van der Waals surface area contributed by atoms with Crippen molar-refractivity contribution in [2.75, 3.05) is 13.6 Å². The summed E-state index contributed by atoms with van der Waals surface area (Å²) >= 11 is 0. The number of rotatable bonds is 3. The Balaban J connectivity index is 1.86. The fourth-order valence-corrected chi connectivity index (χ4v) is 4.42. The number of aromatic nitrogens is 3. The van der Waals surface area contributed by atoms with Crippen LogP contribution in [0.2, 0.25) is 0 Å². The van der Waals surface area contributed by atoms with E-state index in [0.29, 0.717) is 6.42 Å². The lowest BCUT2D eigenvalue weighted by Gasteiger charge is -2.24. The van der Waals surface area contributed by atoms with Crippen LogP contribution in [0.1, 0.15) is 41.6 Å². The highest BCUT2D eigenvalue weighted by Crippen LogP contribution is 2.34. The molecule has 0 spiro atoms. The van der Waals surface area contributed by atoms with Crippen LogP contribution in [0.5, 0.6) is 0 Å². The van der Waals surface area contributed by atoms with Crippen molar-refractivity contribution in [1.29, 1.82) is 0 Å². The number of nitrogens with zero attached hydrogens (tertiary/aromatic N) is 4. The van der Waals surface area contributed by atoms with Gasteiger partial charge in [-0.25, -0.2) is 0 Å². The lowest BCUT2D eigenvalue weighted by Crippen LogP contribution is -2.25. The predicted octanol–water partition coefficient (Wildman–Crippen LogP) is 3.10. The molecule has 142 valence electrons. The summed E-state index contributed by atoms with van der Waals surface area (Å²) in [4.78, 5) is 11.4. The molecule has 5 nitrogen and oxygen atoms in total. The van der Waals surface area contributed by atoms with Crippen molar-refractivity contribution in [3.05, 3.63) is 58.8 Å². The van der Waals surface area contributed by atoms with E-state index in [1.54, 1.807) is 12.4 Å². The summed E-state index contributed by atoms with van der Waals surface area (Å²) in [5, 5.41) is 12.5. The third kappa shape index (κ3) is 3.26. The Kier molecular flexibility index (Phi) is 4.52. The maximum absolute atomic E-state index is 11.2. The minimum Gasteiger partial charge on any atom is -0.385 e. The molecule has 0 saturated carbocycles. The van der Waals surface area contributed by atoms with Crippen LogP contribution >= 0.6 is 0 Å². The third-order valence-corrected chi connectivity index (χ3v) is 5.78. The zero-order valence-electron chi connectivity index (χ0n) is 16.7. The first-order valence-electron chi connectivity index (χ1n) is 9.65. The maximum Gasteiger partial charge on any atom is 0.0939 e. The first-order valence-corrected chi connectivity index (χ1v) is 9.65. The van der Waals surface area contributed by atoms with Gasteiger partial charge in [0.25, 0.3) is 0 Å². The Morgan fingerprint density at radius 1 is 1.30 bits per heavy atom. The summed E-state index contributed by atoms with van der Waals surface area (Å²) in [5.41, 5.74) is 5.74. The fraction of sp³-hybridized carbons (Fsp3) is 0.455. The van der Waals surface area contributed by atoms with Crippen molar-refractivity contribution in [2.45, 2.75) is 45.3 Å². The number of pyridine rings is 2. The normalized spacial score (nSPS) is 17.5. The number of hydrogen-bond acceptors (Lipinski definition) is 4. The summed E-state index contributed by atoms with van der Waals surface area (Å²) in [5.74, 6) is 0. The van der Waals surface area contributed by atoms with E-state index in [-0.39, 0.29) is 0 Å². The molecule has 0 saturated heterocycles. The van der Waals surface area contributed by atoms with Gasteiger partial charge in [0.15, 0.2) is 0 Å². The van der Waals surface area contributed by atoms with Crippen molar-refractivity contribution in [1.82, 2.24) is 19.4 Å². The van der Waals surface area contributed by atoms with Crippen LogP contribution in [0.3, 0.4) is 0 Å². The molecule has 1 atom stereocenters. The van der Waals surface area contributed by atoms with Crippen LogP contribution in [0.15, 0.2) is 30.6 Å². The highest BCUT2D eigenvalue weighted by atomic mass is 16.3. The van der Waals surface area contributed by atoms with Crippen molar-refractivity contribution < 1.29 is 5.11 Å². The van der Waals surface area contributed by atoms with Gasteiger partial charge in [0.1, 0.15) is 0 Å². The molecule has 0 aromatic carbocycles. The molecule has 0 aliphatic carbocycles. The Bertz CT molecular complexity index is 975. The van der Waals surface area contributed by atoms with Gasteiger partial charge in [-0.2, -0.15) is 0 Å². The number of fused-ring (bicyclic) bond motifs is 3. The lowest BCUT2D eigenvalue weighted by atomic mass is 9.91. The Morgan fingerprint density at radius 3 is 2.85 bits per heavy atom. The van der Waals surface area contributed by atoms with Gasteiger partial charge in [-0.1, -0.05) is 6.07 Å². The maximum atomic E-state index is 11.2. The molecule has 0 amide bonds. The molecule has 4 rings (SSSR count). The molecule has 5 heteroatoms. The van der Waals surface area contributed by atoms with Crippen LogP contribution in [0.25, 0.3) is 10.9 Å². The van der Waals surface area contributed by atoms with Crippen LogP contribution in [0, 0.1) is 6.92 Å². The highest BCUT2D eigenvalue weighted by Gasteiger charge is 2.28. The SMILES string of the molecule is Cc1cc2c3c(n(C)c2c(CC(C)(O)c2cccnc2)n1)CCCN(C)C3. The van der Waals surface area contributed by atoms with E-state index in [0.717, 1.165) is 42.0 Å². The number of hydrogen-bond donors (Lipinski definition) is 1. The molecule has 27 heavy (non-hydrogen) atoms. The second kappa shape index (κ2) is 6.73. The standard InChI is InChI=1S/C22H28N4O/c1-15-11-17-18-14-25(3)10-6-8-20(18)26(4)21(17)19(24-15)12-22(2,27)16-7-5-9-23-13-16/h5,7,9,11,13,27H,6,8,10,12,14H2,1-4H3. The van der Waals surface area contributed by atoms with E-state index in [4.69, 9.17) is 4.98 Å². The van der Waals surface area contributed by atoms with E-state index < -0.39 is 5.60 Å². The van der Waals surface area contributed by atoms with Gasteiger partial charge in [0, 0.05) is 54.7 Å². The summed E-state index contributed by atoms with van der Waals surface area (Å²) in [6.45, 7) is 5.99. The highest BCUT2D eigenvalue weighted by molar-refractivity contribution is 5.88. The number of aliphatic hydroxyl groups is 1. The molecule has 0 bridgehead atoms. The van der Waals surface area contributed by atoms with Crippen LogP contribution in [0.4, 0.5) is 0 Å². The van der Waals surface area contributed by atoms with Gasteiger partial charge in [-0.05, 0) is 58.0 Å². The van der Waals surface area contributed by atoms with Gasteiger partial charge in [-0.15, -0.1) is 0 Å². The van der Waals surface area contributed by atoms with E-state index in [1.807, 2.05) is 26.0 Å². The molecule has 1 unspecified atom stereocenters. The molecule has 3 aromatic rings. The van der Waals surface area contributed by atoms with E-state index in [9.17, 15) is 5.11 Å². The molecule has 0 radical (unpaired) electrons. The Labute approximate surface area is 160 Å². The Morgan fingerprint density at radius 2 is 2.11 bits per heavy atom. The average molecular weight is 364 g/mol. The molecular formula is C22H28N4O. The second-order valence-corrected chi connectivity index (χ2v) is 8.12. The monoisotopic (exact) mass is 364 g/mol. The van der Waals surface area contributed by atoms with Crippen molar-refractivity contribution in [2.24, 2.45) is 7.05 Å². The molecule has 0 fully saturated rings. The van der Waals surface area contributed by atoms with Gasteiger partial charge >= 0.3 is 0 Å². The van der Waals surface area contributed by atoms with Crippen LogP contribution < -0.4 is 0 Å². The molecule has 1 aliphatic rings. The fourth-order valence-electron chi connectivity index (χ4n) is 4.42. The van der Waals surface area contributed by atoms with Crippen molar-refractivity contribution >= 4 is 10.9 Å². The smallest absolute Gasteiger partial charge is 0.0939 e. The molecule has 4 heterocycles. The Hall–Kier alpha value is -2.24. The molecular weight excluding hydrogens is 336 g/mol. The topological polar surface area (TPSA) is 54.2 Å². The summed E-state index contributed by atoms with van der Waals surface area (Å²) in [6.07, 6.45) is 6.18. The van der Waals surface area contributed by atoms with Crippen LogP contribution in [-0.4, -0.2) is 38.1 Å². The van der Waals surface area contributed by atoms with E-state index in [1.165, 1.54) is 23.1 Å². The minimum absolute atomic E-state index is 0.462. The second-order valence-electron chi connectivity index (χ2n) is 8.12. The third-order valence-electron chi connectivity index (χ3n) is 5.78. The summed E-state index contributed by atoms with van der Waals surface area (Å²) in [6, 6.07) is 5.99. The minimum atomic E-state index is -1.01. The van der Waals surface area contributed by atoms with Crippen LogP contribution in [-0.2, 0) is 32.0 Å². The van der Waals surface area contributed by atoms with Gasteiger partial charge in [0.05, 0.1) is 16.8 Å². The van der Waals surface area contributed by atoms with Gasteiger partial charge in [0.2, 0.25) is 0 Å². The van der Waals surface area contributed by atoms with Gasteiger partial charge in [-0.3, -0.25) is 9.97 Å².